The van der Waals surface area contributed by atoms with Gasteiger partial charge in [0, 0.05) is 35.9 Å². The fraction of sp³-hybridized carbons (Fsp3) is 0.364. The van der Waals surface area contributed by atoms with E-state index in [2.05, 4.69) is 10.6 Å². The third kappa shape index (κ3) is 4.88. The zero-order chi connectivity index (χ0) is 21.9. The molecule has 2 aromatic rings. The summed E-state index contributed by atoms with van der Waals surface area (Å²) in [5, 5.41) is 5.62. The standard InChI is InChI=1S/C22H27N3O4S/c1-4-25(5-2)30(28,29)20-13-17(10-9-15(20)3)22(27)24-19-8-6-7-18(14-19)23-21(26)16-11-12-16/h6-10,13-14,16H,4-5,11-12H2,1-3H3,(H,23,26)(H,24,27). The van der Waals surface area contributed by atoms with Gasteiger partial charge < -0.3 is 10.6 Å². The summed E-state index contributed by atoms with van der Waals surface area (Å²) in [4.78, 5) is 24.8. The number of benzene rings is 2. The lowest BCUT2D eigenvalue weighted by Gasteiger charge is -2.20. The molecule has 7 nitrogen and oxygen atoms in total. The molecule has 160 valence electrons. The highest BCUT2D eigenvalue weighted by Crippen LogP contribution is 2.30. The van der Waals surface area contributed by atoms with Gasteiger partial charge in [-0.1, -0.05) is 26.0 Å². The predicted molar refractivity (Wildman–Crippen MR) is 117 cm³/mol. The van der Waals surface area contributed by atoms with Crippen molar-refractivity contribution in [1.29, 1.82) is 0 Å². The van der Waals surface area contributed by atoms with Gasteiger partial charge in [0.05, 0.1) is 4.90 Å². The lowest BCUT2D eigenvalue weighted by Crippen LogP contribution is -2.31. The Morgan fingerprint density at radius 3 is 2.23 bits per heavy atom. The lowest BCUT2D eigenvalue weighted by atomic mass is 10.1. The first-order valence-corrected chi connectivity index (χ1v) is 11.5. The van der Waals surface area contributed by atoms with Crippen molar-refractivity contribution >= 4 is 33.2 Å². The number of nitrogens with one attached hydrogen (secondary N) is 2. The number of aryl methyl sites for hydroxylation is 1. The molecule has 0 aliphatic heterocycles. The topological polar surface area (TPSA) is 95.6 Å². The molecule has 1 aliphatic rings. The molecule has 2 N–H and O–H groups in total. The smallest absolute Gasteiger partial charge is 0.255 e. The van der Waals surface area contributed by atoms with Gasteiger partial charge in [0.2, 0.25) is 15.9 Å². The first-order chi connectivity index (χ1) is 14.3. The molecule has 0 bridgehead atoms. The Morgan fingerprint density at radius 1 is 1.00 bits per heavy atom. The minimum Gasteiger partial charge on any atom is -0.326 e. The van der Waals surface area contributed by atoms with E-state index in [0.717, 1.165) is 12.8 Å². The van der Waals surface area contributed by atoms with Gasteiger partial charge in [-0.3, -0.25) is 9.59 Å². The van der Waals surface area contributed by atoms with Crippen molar-refractivity contribution < 1.29 is 18.0 Å². The fourth-order valence-electron chi connectivity index (χ4n) is 3.19. The Balaban J connectivity index is 1.80. The molecule has 30 heavy (non-hydrogen) atoms. The number of carbonyl (C=O) groups excluding carboxylic acids is 2. The molecular formula is C22H27N3O4S. The second-order valence-corrected chi connectivity index (χ2v) is 9.27. The van der Waals surface area contributed by atoms with E-state index < -0.39 is 15.9 Å². The highest BCUT2D eigenvalue weighted by molar-refractivity contribution is 7.89. The number of anilines is 2. The molecule has 1 aliphatic carbocycles. The third-order valence-electron chi connectivity index (χ3n) is 5.11. The zero-order valence-electron chi connectivity index (χ0n) is 17.4. The number of hydrogen-bond acceptors (Lipinski definition) is 4. The third-order valence-corrected chi connectivity index (χ3v) is 7.30. The van der Waals surface area contributed by atoms with Crippen molar-refractivity contribution in [2.45, 2.75) is 38.5 Å². The van der Waals surface area contributed by atoms with Crippen molar-refractivity contribution in [2.75, 3.05) is 23.7 Å². The fourth-order valence-corrected chi connectivity index (χ4v) is 4.90. The van der Waals surface area contributed by atoms with Crippen LogP contribution in [0.25, 0.3) is 0 Å². The van der Waals surface area contributed by atoms with Crippen molar-refractivity contribution in [1.82, 2.24) is 4.31 Å². The Morgan fingerprint density at radius 2 is 1.63 bits per heavy atom. The quantitative estimate of drug-likeness (QED) is 0.670. The van der Waals surface area contributed by atoms with Gasteiger partial charge in [-0.15, -0.1) is 0 Å². The second-order valence-electron chi connectivity index (χ2n) is 7.37. The maximum absolute atomic E-state index is 12.9. The van der Waals surface area contributed by atoms with E-state index in [0.29, 0.717) is 30.0 Å². The van der Waals surface area contributed by atoms with E-state index in [1.807, 2.05) is 0 Å². The van der Waals surface area contributed by atoms with Gasteiger partial charge in [-0.25, -0.2) is 8.42 Å². The Kier molecular flexibility index (Phi) is 6.58. The summed E-state index contributed by atoms with van der Waals surface area (Å²) >= 11 is 0. The summed E-state index contributed by atoms with van der Waals surface area (Å²) in [5.74, 6) is -0.345. The molecule has 0 atom stereocenters. The lowest BCUT2D eigenvalue weighted by molar-refractivity contribution is -0.117. The minimum atomic E-state index is -3.68. The molecule has 0 radical (unpaired) electrons. The number of amides is 2. The van der Waals surface area contributed by atoms with E-state index in [4.69, 9.17) is 0 Å². The van der Waals surface area contributed by atoms with Gasteiger partial charge in [0.25, 0.3) is 5.91 Å². The molecule has 2 aromatic carbocycles. The number of rotatable bonds is 8. The summed E-state index contributed by atoms with van der Waals surface area (Å²) in [6.45, 7) is 5.98. The molecule has 2 amide bonds. The SMILES string of the molecule is CCN(CC)S(=O)(=O)c1cc(C(=O)Nc2cccc(NC(=O)C3CC3)c2)ccc1C. The Hall–Kier alpha value is -2.71. The van der Waals surface area contributed by atoms with Crippen molar-refractivity contribution in [3.63, 3.8) is 0 Å². The summed E-state index contributed by atoms with van der Waals surface area (Å²) in [6.07, 6.45) is 1.82. The van der Waals surface area contributed by atoms with Crippen LogP contribution in [0.4, 0.5) is 11.4 Å². The van der Waals surface area contributed by atoms with E-state index >= 15 is 0 Å². The van der Waals surface area contributed by atoms with Crippen LogP contribution in [-0.2, 0) is 14.8 Å². The van der Waals surface area contributed by atoms with E-state index in [-0.39, 0.29) is 22.3 Å². The highest BCUT2D eigenvalue weighted by Gasteiger charge is 2.29. The van der Waals surface area contributed by atoms with Crippen molar-refractivity contribution in [3.05, 3.63) is 53.6 Å². The summed E-state index contributed by atoms with van der Waals surface area (Å²) < 4.78 is 27.2. The molecule has 0 unspecified atom stereocenters. The van der Waals surface area contributed by atoms with Crippen LogP contribution in [0.15, 0.2) is 47.4 Å². The monoisotopic (exact) mass is 429 g/mol. The number of hydrogen-bond donors (Lipinski definition) is 2. The second kappa shape index (κ2) is 8.97. The maximum Gasteiger partial charge on any atom is 0.255 e. The van der Waals surface area contributed by atoms with Crippen LogP contribution in [0.3, 0.4) is 0 Å². The van der Waals surface area contributed by atoms with E-state index in [1.54, 1.807) is 57.2 Å². The first kappa shape index (κ1) is 22.0. The molecular weight excluding hydrogens is 402 g/mol. The normalized spacial score (nSPS) is 13.9. The van der Waals surface area contributed by atoms with Gasteiger partial charge in [0.1, 0.15) is 0 Å². The molecule has 1 fully saturated rings. The van der Waals surface area contributed by atoms with Crippen molar-refractivity contribution in [3.8, 4) is 0 Å². The van der Waals surface area contributed by atoms with Gasteiger partial charge in [0.15, 0.2) is 0 Å². The minimum absolute atomic E-state index is 0.0109. The van der Waals surface area contributed by atoms with E-state index in [1.165, 1.54) is 10.4 Å². The number of nitrogens with zero attached hydrogens (tertiary/aromatic N) is 1. The molecule has 0 saturated heterocycles. The molecule has 8 heteroatoms. The van der Waals surface area contributed by atoms with Gasteiger partial charge >= 0.3 is 0 Å². The number of carbonyl (C=O) groups is 2. The molecule has 3 rings (SSSR count). The largest absolute Gasteiger partial charge is 0.326 e. The van der Waals surface area contributed by atoms with Gasteiger partial charge in [-0.05, 0) is 55.7 Å². The van der Waals surface area contributed by atoms with Crippen LogP contribution >= 0.6 is 0 Å². The number of sulfonamides is 1. The van der Waals surface area contributed by atoms with E-state index in [9.17, 15) is 18.0 Å². The van der Waals surface area contributed by atoms with Crippen LogP contribution in [-0.4, -0.2) is 37.6 Å². The first-order valence-electron chi connectivity index (χ1n) is 10.1. The summed E-state index contributed by atoms with van der Waals surface area (Å²) in [7, 11) is -3.68. The average Bonchev–Trinajstić information content (AvgIpc) is 3.54. The van der Waals surface area contributed by atoms with Crippen LogP contribution in [0, 0.1) is 12.8 Å². The van der Waals surface area contributed by atoms with Crippen LogP contribution in [0.5, 0.6) is 0 Å². The summed E-state index contributed by atoms with van der Waals surface area (Å²) in [5.41, 5.74) is 1.96. The summed E-state index contributed by atoms with van der Waals surface area (Å²) in [6, 6.07) is 11.5. The van der Waals surface area contributed by atoms with Crippen LogP contribution in [0.1, 0.15) is 42.6 Å². The Bertz CT molecular complexity index is 1060. The molecule has 0 heterocycles. The molecule has 0 spiro atoms. The zero-order valence-corrected chi connectivity index (χ0v) is 18.3. The Labute approximate surface area is 177 Å². The predicted octanol–water partition coefficient (Wildman–Crippen LogP) is 3.63. The molecule has 0 aromatic heterocycles. The average molecular weight is 430 g/mol. The van der Waals surface area contributed by atoms with Crippen LogP contribution in [0.2, 0.25) is 0 Å². The highest BCUT2D eigenvalue weighted by atomic mass is 32.2. The molecule has 1 saturated carbocycles. The van der Waals surface area contributed by atoms with Crippen molar-refractivity contribution in [2.24, 2.45) is 5.92 Å². The maximum atomic E-state index is 12.9. The van der Waals surface area contributed by atoms with Crippen LogP contribution < -0.4 is 10.6 Å². The van der Waals surface area contributed by atoms with Gasteiger partial charge in [-0.2, -0.15) is 4.31 Å².